The fourth-order valence-electron chi connectivity index (χ4n) is 1.52. The molecule has 1 unspecified atom stereocenters. The highest BCUT2D eigenvalue weighted by Crippen LogP contribution is 2.14. The van der Waals surface area contributed by atoms with Gasteiger partial charge in [0.05, 0.1) is 0 Å². The topological polar surface area (TPSA) is 29.1 Å². The van der Waals surface area contributed by atoms with E-state index in [1.807, 2.05) is 6.92 Å². The highest BCUT2D eigenvalue weighted by Gasteiger charge is 2.17. The quantitative estimate of drug-likeness (QED) is 0.828. The van der Waals surface area contributed by atoms with E-state index >= 15 is 0 Å². The summed E-state index contributed by atoms with van der Waals surface area (Å²) >= 11 is 0. The first-order valence-electron chi connectivity index (χ1n) is 5.72. The van der Waals surface area contributed by atoms with Crippen molar-refractivity contribution >= 4 is 5.78 Å². The molecule has 1 rings (SSSR count). The normalized spacial score (nSPS) is 12.5. The molecule has 1 N–H and O–H groups in total. The molecule has 0 saturated heterocycles. The van der Waals surface area contributed by atoms with Crippen molar-refractivity contribution in [2.24, 2.45) is 5.92 Å². The lowest BCUT2D eigenvalue weighted by Gasteiger charge is -2.11. The molecule has 1 atom stereocenters. The van der Waals surface area contributed by atoms with Crippen LogP contribution in [0.4, 0.5) is 8.78 Å². The second-order valence-electron chi connectivity index (χ2n) is 4.05. The SMILES string of the molecule is CCNCC(C)C(=O)Cc1c(F)cccc1F. The molecule has 4 heteroatoms. The maximum absolute atomic E-state index is 13.3. The van der Waals surface area contributed by atoms with E-state index in [0.29, 0.717) is 6.54 Å². The zero-order valence-electron chi connectivity index (χ0n) is 10.1. The summed E-state index contributed by atoms with van der Waals surface area (Å²) in [6.07, 6.45) is -0.189. The third-order valence-electron chi connectivity index (χ3n) is 2.66. The minimum atomic E-state index is -0.658. The van der Waals surface area contributed by atoms with E-state index in [9.17, 15) is 13.6 Å². The number of Topliss-reactive ketones (excluding diaryl/α,β-unsaturated/α-hetero) is 1. The summed E-state index contributed by atoms with van der Waals surface area (Å²) in [5.41, 5.74) is -0.138. The highest BCUT2D eigenvalue weighted by molar-refractivity contribution is 5.83. The minimum absolute atomic E-state index is 0.138. The molecule has 0 aromatic heterocycles. The molecular weight excluding hydrogens is 224 g/mol. The first-order chi connectivity index (χ1) is 8.06. The molecule has 1 aromatic rings. The predicted molar refractivity (Wildman–Crippen MR) is 62.8 cm³/mol. The molecule has 0 fully saturated rings. The largest absolute Gasteiger partial charge is 0.316 e. The molecule has 0 amide bonds. The lowest BCUT2D eigenvalue weighted by molar-refractivity contribution is -0.121. The number of ketones is 1. The molecule has 94 valence electrons. The Kier molecular flexibility index (Phi) is 5.22. The van der Waals surface area contributed by atoms with Crippen molar-refractivity contribution in [2.75, 3.05) is 13.1 Å². The first kappa shape index (κ1) is 13.8. The van der Waals surface area contributed by atoms with Gasteiger partial charge in [0.2, 0.25) is 0 Å². The Hall–Kier alpha value is -1.29. The number of benzene rings is 1. The number of carbonyl (C=O) groups excluding carboxylic acids is 1. The minimum Gasteiger partial charge on any atom is -0.316 e. The van der Waals surface area contributed by atoms with Crippen molar-refractivity contribution in [2.45, 2.75) is 20.3 Å². The van der Waals surface area contributed by atoms with Crippen LogP contribution in [0, 0.1) is 17.6 Å². The molecule has 0 radical (unpaired) electrons. The molecule has 0 saturated carbocycles. The summed E-state index contributed by atoms with van der Waals surface area (Å²) in [4.78, 5) is 11.7. The van der Waals surface area contributed by atoms with Crippen molar-refractivity contribution in [3.8, 4) is 0 Å². The number of hydrogen-bond donors (Lipinski definition) is 1. The van der Waals surface area contributed by atoms with Gasteiger partial charge in [-0.2, -0.15) is 0 Å². The first-order valence-corrected chi connectivity index (χ1v) is 5.72. The van der Waals surface area contributed by atoms with E-state index in [0.717, 1.165) is 6.54 Å². The van der Waals surface area contributed by atoms with E-state index in [4.69, 9.17) is 0 Å². The Morgan fingerprint density at radius 3 is 2.47 bits per heavy atom. The van der Waals surface area contributed by atoms with Gasteiger partial charge < -0.3 is 5.32 Å². The van der Waals surface area contributed by atoms with E-state index in [1.54, 1.807) is 6.92 Å². The van der Waals surface area contributed by atoms with Crippen molar-refractivity contribution < 1.29 is 13.6 Å². The van der Waals surface area contributed by atoms with Gasteiger partial charge in [-0.25, -0.2) is 8.78 Å². The van der Waals surface area contributed by atoms with E-state index < -0.39 is 11.6 Å². The Labute approximate surface area is 100 Å². The summed E-state index contributed by atoms with van der Waals surface area (Å²) in [5.74, 6) is -1.72. The summed E-state index contributed by atoms with van der Waals surface area (Å²) in [6, 6.07) is 3.63. The van der Waals surface area contributed by atoms with Crippen molar-refractivity contribution in [1.82, 2.24) is 5.32 Å². The fourth-order valence-corrected chi connectivity index (χ4v) is 1.52. The smallest absolute Gasteiger partial charge is 0.141 e. The van der Waals surface area contributed by atoms with Gasteiger partial charge in [-0.1, -0.05) is 19.9 Å². The van der Waals surface area contributed by atoms with Crippen LogP contribution in [-0.4, -0.2) is 18.9 Å². The van der Waals surface area contributed by atoms with E-state index in [-0.39, 0.29) is 23.7 Å². The zero-order chi connectivity index (χ0) is 12.8. The van der Waals surface area contributed by atoms with E-state index in [1.165, 1.54) is 18.2 Å². The van der Waals surface area contributed by atoms with Crippen LogP contribution >= 0.6 is 0 Å². The maximum atomic E-state index is 13.3. The molecule has 1 aromatic carbocycles. The van der Waals surface area contributed by atoms with Gasteiger partial charge in [0, 0.05) is 24.4 Å². The average molecular weight is 241 g/mol. The summed E-state index contributed by atoms with van der Waals surface area (Å²) in [7, 11) is 0. The van der Waals surface area contributed by atoms with Crippen molar-refractivity contribution in [3.63, 3.8) is 0 Å². The second kappa shape index (κ2) is 6.45. The van der Waals surface area contributed by atoms with Crippen LogP contribution < -0.4 is 5.32 Å². The van der Waals surface area contributed by atoms with Gasteiger partial charge in [-0.3, -0.25) is 4.79 Å². The van der Waals surface area contributed by atoms with Gasteiger partial charge in [0.15, 0.2) is 0 Å². The second-order valence-corrected chi connectivity index (χ2v) is 4.05. The Morgan fingerprint density at radius 1 is 1.35 bits per heavy atom. The van der Waals surface area contributed by atoms with Gasteiger partial charge in [-0.05, 0) is 18.7 Å². The number of carbonyl (C=O) groups is 1. The van der Waals surface area contributed by atoms with Crippen LogP contribution in [-0.2, 0) is 11.2 Å². The Morgan fingerprint density at radius 2 is 1.94 bits per heavy atom. The van der Waals surface area contributed by atoms with Crippen LogP contribution in [0.3, 0.4) is 0 Å². The molecule has 0 aliphatic heterocycles. The number of halogens is 2. The third kappa shape index (κ3) is 3.89. The molecule has 0 spiro atoms. The number of rotatable bonds is 6. The molecule has 0 heterocycles. The van der Waals surface area contributed by atoms with Crippen LogP contribution in [0.2, 0.25) is 0 Å². The Bertz CT molecular complexity index is 373. The van der Waals surface area contributed by atoms with Crippen LogP contribution in [0.15, 0.2) is 18.2 Å². The number of nitrogens with one attached hydrogen (secondary N) is 1. The highest BCUT2D eigenvalue weighted by atomic mass is 19.1. The summed E-state index contributed by atoms with van der Waals surface area (Å²) in [5, 5.41) is 3.04. The molecular formula is C13H17F2NO. The number of hydrogen-bond acceptors (Lipinski definition) is 2. The van der Waals surface area contributed by atoms with E-state index in [2.05, 4.69) is 5.32 Å². The van der Waals surface area contributed by atoms with Gasteiger partial charge in [0.25, 0.3) is 0 Å². The van der Waals surface area contributed by atoms with Gasteiger partial charge in [0.1, 0.15) is 17.4 Å². The van der Waals surface area contributed by atoms with Crippen LogP contribution in [0.25, 0.3) is 0 Å². The van der Waals surface area contributed by atoms with Crippen molar-refractivity contribution in [3.05, 3.63) is 35.4 Å². The zero-order valence-corrected chi connectivity index (χ0v) is 10.1. The standard InChI is InChI=1S/C13H17F2NO/c1-3-16-8-9(2)13(17)7-10-11(14)5-4-6-12(10)15/h4-6,9,16H,3,7-8H2,1-2H3. The molecule has 0 aliphatic rings. The van der Waals surface area contributed by atoms with Gasteiger partial charge >= 0.3 is 0 Å². The summed E-state index contributed by atoms with van der Waals surface area (Å²) in [6.45, 7) is 4.99. The predicted octanol–water partition coefficient (Wildman–Crippen LogP) is 2.32. The average Bonchev–Trinajstić information content (AvgIpc) is 2.30. The van der Waals surface area contributed by atoms with Crippen molar-refractivity contribution in [1.29, 1.82) is 0 Å². The Balaban J connectivity index is 2.68. The maximum Gasteiger partial charge on any atom is 0.141 e. The monoisotopic (exact) mass is 241 g/mol. The lowest BCUT2D eigenvalue weighted by Crippen LogP contribution is -2.27. The fraction of sp³-hybridized carbons (Fsp3) is 0.462. The third-order valence-corrected chi connectivity index (χ3v) is 2.66. The van der Waals surface area contributed by atoms with Crippen LogP contribution in [0.5, 0.6) is 0 Å². The molecule has 2 nitrogen and oxygen atoms in total. The molecule has 0 bridgehead atoms. The lowest BCUT2D eigenvalue weighted by atomic mass is 9.98. The summed E-state index contributed by atoms with van der Waals surface area (Å²) < 4.78 is 26.6. The van der Waals surface area contributed by atoms with Crippen LogP contribution in [0.1, 0.15) is 19.4 Å². The molecule has 0 aliphatic carbocycles. The van der Waals surface area contributed by atoms with Gasteiger partial charge in [-0.15, -0.1) is 0 Å². The molecule has 17 heavy (non-hydrogen) atoms.